The molecule has 0 aliphatic carbocycles. The minimum atomic E-state index is -0.172. The highest BCUT2D eigenvalue weighted by Crippen LogP contribution is 2.43. The van der Waals surface area contributed by atoms with Crippen LogP contribution in [0, 0.1) is 27.7 Å². The molecule has 7 aromatic rings. The SMILES string of the molecule is CC(=O)c1c(C)[nH]c(C(c2ccc(C(c3[nH]c(C)c(C(C)=O)c3C)c3cccc4ccccc34)[nH]2)c2cc3ccccc3s2)c1C. The van der Waals surface area contributed by atoms with Crippen molar-refractivity contribution in [2.75, 3.05) is 0 Å². The molecule has 0 radical (unpaired) electrons. The quantitative estimate of drug-likeness (QED) is 0.147. The van der Waals surface area contributed by atoms with Crippen molar-refractivity contribution >= 4 is 43.8 Å². The van der Waals surface area contributed by atoms with Crippen molar-refractivity contribution in [3.63, 3.8) is 0 Å². The van der Waals surface area contributed by atoms with Crippen LogP contribution in [0.4, 0.5) is 0 Å². The van der Waals surface area contributed by atoms with Gasteiger partial charge < -0.3 is 15.0 Å². The summed E-state index contributed by atoms with van der Waals surface area (Å²) in [5.74, 6) is -0.181. The lowest BCUT2D eigenvalue weighted by atomic mass is 9.86. The summed E-state index contributed by atoms with van der Waals surface area (Å²) in [6.07, 6.45) is 0. The van der Waals surface area contributed by atoms with Crippen molar-refractivity contribution < 1.29 is 9.59 Å². The topological polar surface area (TPSA) is 81.5 Å². The van der Waals surface area contributed by atoms with Crippen molar-refractivity contribution in [1.29, 1.82) is 0 Å². The molecule has 0 saturated heterocycles. The standard InChI is InChI=1S/C40H37N3O2S/c1-21-35(25(5)44)23(3)41-39(21)37(30-16-11-14-27-12-7-9-15-29(27)30)31-18-19-32(43-31)38(34-20-28-13-8-10-17-33(28)46-34)40-22(2)36(26(6)45)24(4)42-40/h7-20,37-38,41-43H,1-6H3. The first-order valence-corrected chi connectivity index (χ1v) is 16.5. The van der Waals surface area contributed by atoms with Gasteiger partial charge in [0, 0.05) is 54.9 Å². The van der Waals surface area contributed by atoms with Gasteiger partial charge in [-0.05, 0) is 98.7 Å². The van der Waals surface area contributed by atoms with E-state index in [0.717, 1.165) is 62.0 Å². The van der Waals surface area contributed by atoms with Crippen molar-refractivity contribution in [3.05, 3.63) is 152 Å². The number of thiophene rings is 1. The zero-order valence-electron chi connectivity index (χ0n) is 27.0. The second kappa shape index (κ2) is 11.5. The lowest BCUT2D eigenvalue weighted by molar-refractivity contribution is 0.100. The van der Waals surface area contributed by atoms with E-state index in [9.17, 15) is 9.59 Å². The smallest absolute Gasteiger partial charge is 0.161 e. The molecule has 3 aromatic carbocycles. The first-order valence-electron chi connectivity index (χ1n) is 15.7. The predicted octanol–water partition coefficient (Wildman–Crippen LogP) is 10.0. The maximum atomic E-state index is 12.7. The van der Waals surface area contributed by atoms with E-state index in [4.69, 9.17) is 0 Å². The fourth-order valence-corrected chi connectivity index (χ4v) is 8.72. The van der Waals surface area contributed by atoms with Crippen LogP contribution in [0.5, 0.6) is 0 Å². The van der Waals surface area contributed by atoms with E-state index in [1.807, 2.05) is 27.7 Å². The van der Waals surface area contributed by atoms with E-state index < -0.39 is 0 Å². The molecule has 0 amide bonds. The lowest BCUT2D eigenvalue weighted by Gasteiger charge is -2.20. The highest BCUT2D eigenvalue weighted by Gasteiger charge is 2.31. The molecular weight excluding hydrogens is 587 g/mol. The number of hydrogen-bond donors (Lipinski definition) is 3. The predicted molar refractivity (Wildman–Crippen MR) is 189 cm³/mol. The summed E-state index contributed by atoms with van der Waals surface area (Å²) in [4.78, 5) is 37.8. The number of benzene rings is 3. The van der Waals surface area contributed by atoms with Gasteiger partial charge >= 0.3 is 0 Å². The van der Waals surface area contributed by atoms with Gasteiger partial charge in [0.25, 0.3) is 0 Å². The van der Waals surface area contributed by atoms with Crippen LogP contribution in [0.1, 0.15) is 102 Å². The number of H-pyrrole nitrogens is 3. The molecule has 0 spiro atoms. The molecule has 0 fully saturated rings. The molecule has 0 aliphatic rings. The molecule has 2 unspecified atom stereocenters. The molecule has 46 heavy (non-hydrogen) atoms. The molecule has 230 valence electrons. The van der Waals surface area contributed by atoms with Crippen LogP contribution >= 0.6 is 11.3 Å². The number of fused-ring (bicyclic) bond motifs is 2. The number of hydrogen-bond acceptors (Lipinski definition) is 3. The molecule has 4 aromatic heterocycles. The summed E-state index contributed by atoms with van der Waals surface area (Å²) < 4.78 is 1.23. The summed E-state index contributed by atoms with van der Waals surface area (Å²) >= 11 is 1.78. The van der Waals surface area contributed by atoms with Crippen LogP contribution < -0.4 is 0 Å². The Morgan fingerprint density at radius 2 is 1.15 bits per heavy atom. The van der Waals surface area contributed by atoms with E-state index in [0.29, 0.717) is 0 Å². The third-order valence-corrected chi connectivity index (χ3v) is 10.6. The Morgan fingerprint density at radius 1 is 0.609 bits per heavy atom. The van der Waals surface area contributed by atoms with Gasteiger partial charge in [0.1, 0.15) is 0 Å². The van der Waals surface area contributed by atoms with E-state index in [1.165, 1.54) is 25.7 Å². The molecule has 0 aliphatic heterocycles. The van der Waals surface area contributed by atoms with Gasteiger partial charge in [-0.3, -0.25) is 9.59 Å². The molecule has 4 heterocycles. The number of carbonyl (C=O) groups is 2. The Labute approximate surface area is 272 Å². The Kier molecular flexibility index (Phi) is 7.41. The van der Waals surface area contributed by atoms with Crippen LogP contribution in [0.25, 0.3) is 20.9 Å². The van der Waals surface area contributed by atoms with Gasteiger partial charge in [-0.2, -0.15) is 0 Å². The molecule has 7 rings (SSSR count). The van der Waals surface area contributed by atoms with Crippen molar-refractivity contribution in [1.82, 2.24) is 15.0 Å². The summed E-state index contributed by atoms with van der Waals surface area (Å²) in [6, 6.07) is 30.0. The maximum Gasteiger partial charge on any atom is 0.161 e. The Balaban J connectivity index is 1.46. The molecule has 5 nitrogen and oxygen atoms in total. The Hall–Kier alpha value is -4.94. The van der Waals surface area contributed by atoms with Gasteiger partial charge in [0.15, 0.2) is 11.6 Å². The van der Waals surface area contributed by atoms with Crippen molar-refractivity contribution in [2.45, 2.75) is 53.4 Å². The molecular formula is C40H37N3O2S. The van der Waals surface area contributed by atoms with Gasteiger partial charge in [-0.15, -0.1) is 11.3 Å². The Bertz CT molecular complexity index is 2250. The summed E-state index contributed by atoms with van der Waals surface area (Å²) in [6.45, 7) is 11.3. The zero-order valence-corrected chi connectivity index (χ0v) is 27.8. The highest BCUT2D eigenvalue weighted by atomic mass is 32.1. The number of aromatic nitrogens is 3. The number of nitrogens with one attached hydrogen (secondary N) is 3. The fraction of sp³-hybridized carbons (Fsp3) is 0.200. The number of Topliss-reactive ketones (excluding diaryl/α,β-unsaturated/α-hetero) is 2. The lowest BCUT2D eigenvalue weighted by Crippen LogP contribution is -2.09. The minimum Gasteiger partial charge on any atom is -0.361 e. The monoisotopic (exact) mass is 623 g/mol. The van der Waals surface area contributed by atoms with Crippen LogP contribution in [-0.2, 0) is 0 Å². The zero-order chi connectivity index (χ0) is 32.3. The number of aryl methyl sites for hydroxylation is 2. The third-order valence-electron chi connectivity index (χ3n) is 9.45. The van der Waals surface area contributed by atoms with Crippen molar-refractivity contribution in [2.24, 2.45) is 0 Å². The largest absolute Gasteiger partial charge is 0.361 e. The van der Waals surface area contributed by atoms with E-state index in [1.54, 1.807) is 25.2 Å². The summed E-state index contributed by atoms with van der Waals surface area (Å²) in [5.41, 5.74) is 10.5. The van der Waals surface area contributed by atoms with Crippen LogP contribution in [-0.4, -0.2) is 26.5 Å². The van der Waals surface area contributed by atoms with Gasteiger partial charge in [-0.1, -0.05) is 60.7 Å². The first kappa shape index (κ1) is 29.8. The van der Waals surface area contributed by atoms with Crippen LogP contribution in [0.15, 0.2) is 84.9 Å². The number of rotatable bonds is 8. The molecule has 2 atom stereocenters. The van der Waals surface area contributed by atoms with Crippen LogP contribution in [0.3, 0.4) is 0 Å². The maximum absolute atomic E-state index is 12.7. The van der Waals surface area contributed by atoms with Crippen molar-refractivity contribution in [3.8, 4) is 0 Å². The summed E-state index contributed by atoms with van der Waals surface area (Å²) in [5, 5.41) is 3.54. The van der Waals surface area contributed by atoms with Gasteiger partial charge in [0.2, 0.25) is 0 Å². The molecule has 6 heteroatoms. The molecule has 3 N–H and O–H groups in total. The minimum absolute atomic E-state index is 0.0602. The van der Waals surface area contributed by atoms with E-state index >= 15 is 0 Å². The average Bonchev–Trinajstić information content (AvgIpc) is 3.79. The third kappa shape index (κ3) is 4.85. The Morgan fingerprint density at radius 3 is 1.76 bits per heavy atom. The van der Waals surface area contributed by atoms with Gasteiger partial charge in [-0.25, -0.2) is 0 Å². The normalized spacial score (nSPS) is 13.0. The highest BCUT2D eigenvalue weighted by molar-refractivity contribution is 7.19. The summed E-state index contributed by atoms with van der Waals surface area (Å²) in [7, 11) is 0. The second-order valence-electron chi connectivity index (χ2n) is 12.4. The average molecular weight is 624 g/mol. The van der Waals surface area contributed by atoms with Crippen LogP contribution in [0.2, 0.25) is 0 Å². The van der Waals surface area contributed by atoms with E-state index in [2.05, 4.69) is 99.9 Å². The number of carbonyl (C=O) groups excluding carboxylic acids is 2. The molecule has 0 bridgehead atoms. The number of aromatic amines is 3. The first-order chi connectivity index (χ1) is 22.1. The molecule has 0 saturated carbocycles. The van der Waals surface area contributed by atoms with E-state index in [-0.39, 0.29) is 23.4 Å². The number of ketones is 2. The second-order valence-corrected chi connectivity index (χ2v) is 13.5. The van der Waals surface area contributed by atoms with Gasteiger partial charge in [0.05, 0.1) is 11.8 Å². The fourth-order valence-electron chi connectivity index (χ4n) is 7.52.